The minimum absolute atomic E-state index is 0.00837. The zero-order chi connectivity index (χ0) is 20.4. The van der Waals surface area contributed by atoms with Gasteiger partial charge in [0.25, 0.3) is 5.56 Å². The van der Waals surface area contributed by atoms with Crippen LogP contribution in [-0.2, 0) is 7.05 Å². The van der Waals surface area contributed by atoms with Crippen molar-refractivity contribution >= 4 is 50.0 Å². The van der Waals surface area contributed by atoms with Crippen LogP contribution in [0.5, 0.6) is 0 Å². The lowest BCUT2D eigenvalue weighted by atomic mass is 9.84. The summed E-state index contributed by atoms with van der Waals surface area (Å²) < 4.78 is 3.62. The molecule has 6 heteroatoms. The molecule has 0 N–H and O–H groups in total. The predicted octanol–water partition coefficient (Wildman–Crippen LogP) is 5.51. The number of carbonyl (C=O) groups excluding carboxylic acids is 1. The molecule has 0 aliphatic heterocycles. The predicted molar refractivity (Wildman–Crippen MR) is 122 cm³/mol. The molecule has 6 rings (SSSR count). The minimum Gasteiger partial charge on any atom is -0.311 e. The van der Waals surface area contributed by atoms with Gasteiger partial charge in [0.05, 0.1) is 15.7 Å². The van der Waals surface area contributed by atoms with Crippen LogP contribution in [0.1, 0.15) is 15.9 Å². The van der Waals surface area contributed by atoms with Crippen molar-refractivity contribution in [1.29, 1.82) is 0 Å². The van der Waals surface area contributed by atoms with Crippen LogP contribution in [0.25, 0.3) is 32.2 Å². The molecule has 0 radical (unpaired) electrons. The molecule has 4 nitrogen and oxygen atoms in total. The number of thiazole rings is 1. The number of fused-ring (bicyclic) bond motifs is 3. The molecule has 0 fully saturated rings. The number of hydrogen-bond acceptors (Lipinski definition) is 5. The molecule has 30 heavy (non-hydrogen) atoms. The van der Waals surface area contributed by atoms with Crippen molar-refractivity contribution in [3.63, 3.8) is 0 Å². The average Bonchev–Trinajstić information content (AvgIpc) is 3.17. The molecule has 5 aromatic rings. The van der Waals surface area contributed by atoms with Gasteiger partial charge in [0, 0.05) is 34.5 Å². The van der Waals surface area contributed by atoms with Gasteiger partial charge in [0.15, 0.2) is 10.1 Å². The maximum absolute atomic E-state index is 13.6. The summed E-state index contributed by atoms with van der Waals surface area (Å²) in [4.78, 5) is 31.7. The van der Waals surface area contributed by atoms with Crippen molar-refractivity contribution in [2.24, 2.45) is 7.05 Å². The Hall–Kier alpha value is -3.22. The summed E-state index contributed by atoms with van der Waals surface area (Å²) in [6.07, 6.45) is 0. The third kappa shape index (κ3) is 2.44. The number of ketones is 1. The molecule has 144 valence electrons. The van der Waals surface area contributed by atoms with Gasteiger partial charge in [0.2, 0.25) is 0 Å². The maximum atomic E-state index is 13.6. The summed E-state index contributed by atoms with van der Waals surface area (Å²) in [5.41, 5.74) is 4.57. The number of rotatable bonds is 2. The van der Waals surface area contributed by atoms with Crippen LogP contribution in [0.2, 0.25) is 0 Å². The summed E-state index contributed by atoms with van der Waals surface area (Å²) in [7, 11) is 1.75. The van der Waals surface area contributed by atoms with E-state index in [1.54, 1.807) is 29.0 Å². The van der Waals surface area contributed by atoms with Crippen LogP contribution >= 0.6 is 23.1 Å². The molecule has 2 heterocycles. The third-order valence-electron chi connectivity index (χ3n) is 5.53. The number of benzene rings is 3. The molecule has 0 saturated carbocycles. The standard InChI is InChI=1S/C24H14N2O2S2/c1-26-17-10-11-19(30-24-25-16-8-4-5-9-18(16)29-24)22-21(17)15(12-20(26)27)13-6-2-3-7-14(13)23(22)28/h2-12H,1H3. The first kappa shape index (κ1) is 17.6. The van der Waals surface area contributed by atoms with E-state index in [-0.39, 0.29) is 11.3 Å². The van der Waals surface area contributed by atoms with Crippen LogP contribution in [0.15, 0.2) is 80.8 Å². The molecule has 0 spiro atoms. The van der Waals surface area contributed by atoms with E-state index < -0.39 is 0 Å². The molecular formula is C24H14N2O2S2. The monoisotopic (exact) mass is 426 g/mol. The van der Waals surface area contributed by atoms with E-state index in [4.69, 9.17) is 4.98 Å². The number of nitrogens with zero attached hydrogens (tertiary/aromatic N) is 2. The lowest BCUT2D eigenvalue weighted by Crippen LogP contribution is -2.20. The molecule has 3 aromatic carbocycles. The van der Waals surface area contributed by atoms with Crippen LogP contribution in [0, 0.1) is 0 Å². The molecule has 2 aromatic heterocycles. The summed E-state index contributed by atoms with van der Waals surface area (Å²) >= 11 is 3.13. The Labute approximate surface area is 179 Å². The lowest BCUT2D eigenvalue weighted by Gasteiger charge is -2.22. The first-order valence-electron chi connectivity index (χ1n) is 9.46. The Morgan fingerprint density at radius 2 is 1.67 bits per heavy atom. The molecule has 0 atom stereocenters. The van der Waals surface area contributed by atoms with Gasteiger partial charge in [-0.3, -0.25) is 9.59 Å². The Kier molecular flexibility index (Phi) is 3.75. The summed E-state index contributed by atoms with van der Waals surface area (Å²) in [6.45, 7) is 0. The fraction of sp³-hybridized carbons (Fsp3) is 0.0417. The maximum Gasteiger partial charge on any atom is 0.251 e. The highest BCUT2D eigenvalue weighted by Crippen LogP contribution is 2.44. The van der Waals surface area contributed by atoms with Gasteiger partial charge in [0.1, 0.15) is 0 Å². The molecule has 0 unspecified atom stereocenters. The highest BCUT2D eigenvalue weighted by molar-refractivity contribution is 8.01. The van der Waals surface area contributed by atoms with Gasteiger partial charge in [-0.15, -0.1) is 11.3 Å². The second-order valence-corrected chi connectivity index (χ2v) is 9.53. The summed E-state index contributed by atoms with van der Waals surface area (Å²) in [6, 6.07) is 21.1. The summed E-state index contributed by atoms with van der Waals surface area (Å²) in [5.74, 6) is -0.00837. The zero-order valence-corrected chi connectivity index (χ0v) is 17.5. The normalized spacial score (nSPS) is 12.5. The highest BCUT2D eigenvalue weighted by Gasteiger charge is 2.29. The van der Waals surface area contributed by atoms with Gasteiger partial charge in [-0.2, -0.15) is 0 Å². The SMILES string of the molecule is Cn1c(=O)cc2c3c(c(Sc4nc5ccccc5s4)ccc31)C(=O)c1ccccc1-2. The van der Waals surface area contributed by atoms with Crippen molar-refractivity contribution in [3.8, 4) is 11.1 Å². The Morgan fingerprint density at radius 1 is 0.900 bits per heavy atom. The number of carbonyl (C=O) groups is 1. The molecule has 1 aliphatic rings. The smallest absolute Gasteiger partial charge is 0.251 e. The zero-order valence-electron chi connectivity index (χ0n) is 15.9. The Morgan fingerprint density at radius 3 is 2.50 bits per heavy atom. The van der Waals surface area contributed by atoms with Crippen molar-refractivity contribution in [2.45, 2.75) is 9.24 Å². The van der Waals surface area contributed by atoms with E-state index in [0.29, 0.717) is 11.1 Å². The second kappa shape index (κ2) is 6.39. The molecule has 0 bridgehead atoms. The van der Waals surface area contributed by atoms with Gasteiger partial charge < -0.3 is 4.57 Å². The number of aryl methyl sites for hydroxylation is 1. The molecule has 1 aliphatic carbocycles. The van der Waals surface area contributed by atoms with E-state index in [2.05, 4.69) is 6.07 Å². The van der Waals surface area contributed by atoms with Crippen LogP contribution in [0.4, 0.5) is 0 Å². The average molecular weight is 427 g/mol. The van der Waals surface area contributed by atoms with E-state index in [1.165, 1.54) is 11.8 Å². The topological polar surface area (TPSA) is 52.0 Å². The molecule has 0 saturated heterocycles. The van der Waals surface area contributed by atoms with E-state index in [9.17, 15) is 9.59 Å². The number of para-hydroxylation sites is 1. The number of aromatic nitrogens is 2. The first-order chi connectivity index (χ1) is 14.6. The van der Waals surface area contributed by atoms with Gasteiger partial charge in [-0.1, -0.05) is 48.2 Å². The van der Waals surface area contributed by atoms with Gasteiger partial charge in [-0.05, 0) is 35.4 Å². The number of pyridine rings is 1. The van der Waals surface area contributed by atoms with Crippen molar-refractivity contribution < 1.29 is 4.79 Å². The van der Waals surface area contributed by atoms with Crippen molar-refractivity contribution in [3.05, 3.63) is 88.2 Å². The van der Waals surface area contributed by atoms with Crippen LogP contribution < -0.4 is 5.56 Å². The quantitative estimate of drug-likeness (QED) is 0.366. The van der Waals surface area contributed by atoms with Crippen LogP contribution in [-0.4, -0.2) is 15.3 Å². The fourth-order valence-electron chi connectivity index (χ4n) is 4.10. The van der Waals surface area contributed by atoms with Gasteiger partial charge in [-0.25, -0.2) is 4.98 Å². The Bertz CT molecular complexity index is 1550. The Balaban J connectivity index is 1.65. The third-order valence-corrected chi connectivity index (χ3v) is 7.69. The van der Waals surface area contributed by atoms with E-state index in [1.807, 2.05) is 54.6 Å². The first-order valence-corrected chi connectivity index (χ1v) is 11.1. The van der Waals surface area contributed by atoms with Crippen molar-refractivity contribution in [1.82, 2.24) is 9.55 Å². The van der Waals surface area contributed by atoms with Gasteiger partial charge >= 0.3 is 0 Å². The van der Waals surface area contributed by atoms with E-state index in [0.717, 1.165) is 41.5 Å². The minimum atomic E-state index is -0.0841. The lowest BCUT2D eigenvalue weighted by molar-refractivity contribution is 0.103. The molecular weight excluding hydrogens is 412 g/mol. The molecule has 0 amide bonds. The summed E-state index contributed by atoms with van der Waals surface area (Å²) in [5, 5.41) is 0.840. The van der Waals surface area contributed by atoms with E-state index >= 15 is 0 Å². The highest BCUT2D eigenvalue weighted by atomic mass is 32.2. The largest absolute Gasteiger partial charge is 0.311 e. The van der Waals surface area contributed by atoms with Crippen molar-refractivity contribution in [2.75, 3.05) is 0 Å². The fourth-order valence-corrected chi connectivity index (χ4v) is 6.27. The second-order valence-electron chi connectivity index (χ2n) is 7.21. The number of hydrogen-bond donors (Lipinski definition) is 0. The van der Waals surface area contributed by atoms with Crippen LogP contribution in [0.3, 0.4) is 0 Å².